The molecular formula is C17H16Cl2N6. The van der Waals surface area contributed by atoms with Crippen LogP contribution >= 0.6 is 23.2 Å². The van der Waals surface area contributed by atoms with E-state index in [1.165, 1.54) is 5.56 Å². The van der Waals surface area contributed by atoms with Gasteiger partial charge in [0.05, 0.1) is 6.20 Å². The van der Waals surface area contributed by atoms with Gasteiger partial charge in [-0.3, -0.25) is 4.98 Å². The van der Waals surface area contributed by atoms with Crippen LogP contribution in [0.25, 0.3) is 0 Å². The fourth-order valence-corrected chi connectivity index (χ4v) is 2.77. The van der Waals surface area contributed by atoms with Crippen LogP contribution in [-0.4, -0.2) is 33.8 Å². The van der Waals surface area contributed by atoms with Crippen molar-refractivity contribution in [3.8, 4) is 0 Å². The van der Waals surface area contributed by atoms with Gasteiger partial charge in [-0.1, -0.05) is 23.2 Å². The minimum atomic E-state index is 0.381. The Balaban J connectivity index is 1.68. The quantitative estimate of drug-likeness (QED) is 0.703. The van der Waals surface area contributed by atoms with Gasteiger partial charge in [-0.15, -0.1) is 5.10 Å². The Morgan fingerprint density at radius 1 is 1.08 bits per heavy atom. The molecule has 3 rings (SSSR count). The van der Waals surface area contributed by atoms with Crippen molar-refractivity contribution in [2.45, 2.75) is 6.42 Å². The molecule has 3 aromatic rings. The highest BCUT2D eigenvalue weighted by Gasteiger charge is 2.07. The number of hydrogen-bond acceptors (Lipinski definition) is 6. The number of nitrogens with zero attached hydrogens (tertiary/aromatic N) is 5. The van der Waals surface area contributed by atoms with Gasteiger partial charge in [0, 0.05) is 41.7 Å². The lowest BCUT2D eigenvalue weighted by atomic mass is 10.2. The van der Waals surface area contributed by atoms with Crippen LogP contribution in [0.2, 0.25) is 10.0 Å². The van der Waals surface area contributed by atoms with E-state index in [0.29, 0.717) is 21.7 Å². The molecule has 0 bridgehead atoms. The van der Waals surface area contributed by atoms with Crippen molar-refractivity contribution in [1.29, 1.82) is 0 Å². The SMILES string of the molecule is CN(CCc1ccncc1)c1cnnc(Nc2cc(Cl)cc(Cl)c2)n1. The lowest BCUT2D eigenvalue weighted by Crippen LogP contribution is -2.22. The summed E-state index contributed by atoms with van der Waals surface area (Å²) in [5, 5.41) is 12.1. The molecule has 0 radical (unpaired) electrons. The average molecular weight is 375 g/mol. The molecule has 0 aliphatic carbocycles. The first-order chi connectivity index (χ1) is 12.1. The highest BCUT2D eigenvalue weighted by Crippen LogP contribution is 2.24. The lowest BCUT2D eigenvalue weighted by Gasteiger charge is -2.18. The van der Waals surface area contributed by atoms with Gasteiger partial charge in [-0.05, 0) is 42.3 Å². The second-order valence-electron chi connectivity index (χ2n) is 5.45. The average Bonchev–Trinajstić information content (AvgIpc) is 2.60. The number of rotatable bonds is 6. The molecule has 1 aromatic carbocycles. The summed E-state index contributed by atoms with van der Waals surface area (Å²) >= 11 is 12.0. The van der Waals surface area contributed by atoms with Gasteiger partial charge in [0.25, 0.3) is 0 Å². The minimum Gasteiger partial charge on any atom is -0.358 e. The number of likely N-dealkylation sites (N-methyl/N-ethyl adjacent to an activating group) is 1. The number of nitrogens with one attached hydrogen (secondary N) is 1. The monoisotopic (exact) mass is 374 g/mol. The van der Waals surface area contributed by atoms with Crippen LogP contribution in [0, 0.1) is 0 Å². The van der Waals surface area contributed by atoms with Crippen molar-refractivity contribution in [1.82, 2.24) is 20.2 Å². The Labute approximate surface area is 155 Å². The van der Waals surface area contributed by atoms with Crippen molar-refractivity contribution < 1.29 is 0 Å². The molecule has 0 atom stereocenters. The zero-order valence-electron chi connectivity index (χ0n) is 13.5. The van der Waals surface area contributed by atoms with Crippen molar-refractivity contribution in [2.75, 3.05) is 23.8 Å². The molecule has 0 aliphatic heterocycles. The summed E-state index contributed by atoms with van der Waals surface area (Å²) < 4.78 is 0. The highest BCUT2D eigenvalue weighted by atomic mass is 35.5. The normalized spacial score (nSPS) is 10.5. The first kappa shape index (κ1) is 17.4. The third kappa shape index (κ3) is 5.01. The van der Waals surface area contributed by atoms with Crippen molar-refractivity contribution in [2.24, 2.45) is 0 Å². The largest absolute Gasteiger partial charge is 0.358 e. The van der Waals surface area contributed by atoms with Crippen LogP contribution in [0.1, 0.15) is 5.56 Å². The molecule has 0 saturated heterocycles. The maximum atomic E-state index is 6.00. The van der Waals surface area contributed by atoms with Gasteiger partial charge in [0.15, 0.2) is 5.82 Å². The van der Waals surface area contributed by atoms with E-state index in [-0.39, 0.29) is 0 Å². The molecule has 1 N–H and O–H groups in total. The van der Waals surface area contributed by atoms with E-state index >= 15 is 0 Å². The predicted octanol–water partition coefficient (Wildman–Crippen LogP) is 4.00. The second kappa shape index (κ2) is 8.09. The van der Waals surface area contributed by atoms with Crippen LogP contribution in [-0.2, 0) is 6.42 Å². The third-order valence-electron chi connectivity index (χ3n) is 3.54. The minimum absolute atomic E-state index is 0.381. The summed E-state index contributed by atoms with van der Waals surface area (Å²) in [6.45, 7) is 0.797. The molecule has 2 heterocycles. The van der Waals surface area contributed by atoms with Crippen LogP contribution in [0.4, 0.5) is 17.5 Å². The Bertz CT molecular complexity index is 823. The molecule has 128 valence electrons. The highest BCUT2D eigenvalue weighted by molar-refractivity contribution is 6.35. The smallest absolute Gasteiger partial charge is 0.249 e. The molecule has 6 nitrogen and oxygen atoms in total. The first-order valence-electron chi connectivity index (χ1n) is 7.63. The Morgan fingerprint density at radius 3 is 2.52 bits per heavy atom. The molecular weight excluding hydrogens is 359 g/mol. The van der Waals surface area contributed by atoms with Crippen LogP contribution in [0.5, 0.6) is 0 Å². The van der Waals surface area contributed by atoms with E-state index in [1.807, 2.05) is 24.1 Å². The van der Waals surface area contributed by atoms with E-state index in [2.05, 4.69) is 25.5 Å². The molecule has 0 saturated carbocycles. The lowest BCUT2D eigenvalue weighted by molar-refractivity contribution is 0.840. The van der Waals surface area contributed by atoms with Gasteiger partial charge >= 0.3 is 0 Å². The van der Waals surface area contributed by atoms with E-state index in [9.17, 15) is 0 Å². The van der Waals surface area contributed by atoms with E-state index < -0.39 is 0 Å². The Kier molecular flexibility index (Phi) is 5.63. The van der Waals surface area contributed by atoms with E-state index in [4.69, 9.17) is 23.2 Å². The number of halogens is 2. The number of anilines is 3. The van der Waals surface area contributed by atoms with Crippen LogP contribution in [0.15, 0.2) is 48.9 Å². The summed E-state index contributed by atoms with van der Waals surface area (Å²) in [6.07, 6.45) is 6.10. The standard InChI is InChI=1S/C17H16Cl2N6/c1-25(7-4-12-2-5-20-6-3-12)16-11-21-24-17(23-16)22-15-9-13(18)8-14(19)10-15/h2-3,5-6,8-11H,4,7H2,1H3,(H,22,23,24). The van der Waals surface area contributed by atoms with Gasteiger partial charge < -0.3 is 10.2 Å². The number of hydrogen-bond donors (Lipinski definition) is 1. The summed E-state index contributed by atoms with van der Waals surface area (Å²) in [7, 11) is 1.96. The Hall–Kier alpha value is -2.44. The molecule has 0 unspecified atom stereocenters. The van der Waals surface area contributed by atoms with Gasteiger partial charge in [-0.2, -0.15) is 10.1 Å². The van der Waals surface area contributed by atoms with Gasteiger partial charge in [0.1, 0.15) is 0 Å². The van der Waals surface area contributed by atoms with Crippen molar-refractivity contribution in [3.63, 3.8) is 0 Å². The van der Waals surface area contributed by atoms with E-state index in [1.54, 1.807) is 36.8 Å². The van der Waals surface area contributed by atoms with Crippen molar-refractivity contribution in [3.05, 3.63) is 64.5 Å². The third-order valence-corrected chi connectivity index (χ3v) is 3.98. The number of benzene rings is 1. The van der Waals surface area contributed by atoms with Crippen LogP contribution in [0.3, 0.4) is 0 Å². The number of pyridine rings is 1. The molecule has 0 fully saturated rings. The summed E-state index contributed by atoms with van der Waals surface area (Å²) in [4.78, 5) is 10.5. The zero-order valence-corrected chi connectivity index (χ0v) is 15.0. The fraction of sp³-hybridized carbons (Fsp3) is 0.176. The van der Waals surface area contributed by atoms with Crippen molar-refractivity contribution >= 4 is 40.7 Å². The fourth-order valence-electron chi connectivity index (χ4n) is 2.25. The van der Waals surface area contributed by atoms with E-state index in [0.717, 1.165) is 18.8 Å². The summed E-state index contributed by atoms with van der Waals surface area (Å²) in [5.41, 5.74) is 1.92. The van der Waals surface area contributed by atoms with Gasteiger partial charge in [0.2, 0.25) is 5.95 Å². The summed E-state index contributed by atoms with van der Waals surface area (Å²) in [6, 6.07) is 9.16. The first-order valence-corrected chi connectivity index (χ1v) is 8.38. The van der Waals surface area contributed by atoms with Crippen LogP contribution < -0.4 is 10.2 Å². The summed E-state index contributed by atoms with van der Waals surface area (Å²) in [5.74, 6) is 1.10. The predicted molar refractivity (Wildman–Crippen MR) is 101 cm³/mol. The molecule has 0 amide bonds. The molecule has 25 heavy (non-hydrogen) atoms. The zero-order chi connectivity index (χ0) is 17.6. The molecule has 0 aliphatic rings. The van der Waals surface area contributed by atoms with Gasteiger partial charge in [-0.25, -0.2) is 0 Å². The molecule has 8 heteroatoms. The Morgan fingerprint density at radius 2 is 1.80 bits per heavy atom. The second-order valence-corrected chi connectivity index (χ2v) is 6.32. The maximum absolute atomic E-state index is 6.00. The number of aromatic nitrogens is 4. The topological polar surface area (TPSA) is 66.8 Å². The molecule has 0 spiro atoms. The molecule has 2 aromatic heterocycles. The maximum Gasteiger partial charge on any atom is 0.249 e.